The Balaban J connectivity index is 2.40. The fraction of sp³-hybridized carbons (Fsp3) is 0.200. The molecule has 0 aliphatic rings. The predicted molar refractivity (Wildman–Crippen MR) is 74.6 cm³/mol. The molecular formula is C15H16N2O2. The van der Waals surface area contributed by atoms with Crippen molar-refractivity contribution in [2.75, 3.05) is 5.32 Å². The minimum Gasteiger partial charge on any atom is -0.481 e. The van der Waals surface area contributed by atoms with Gasteiger partial charge in [0, 0.05) is 23.8 Å². The molecule has 0 atom stereocenters. The van der Waals surface area contributed by atoms with Crippen LogP contribution in [0.2, 0.25) is 0 Å². The average Bonchev–Trinajstić information content (AvgIpc) is 2.40. The number of para-hydroxylation sites is 1. The van der Waals surface area contributed by atoms with Crippen LogP contribution in [0.5, 0.6) is 0 Å². The summed E-state index contributed by atoms with van der Waals surface area (Å²) < 4.78 is 0. The van der Waals surface area contributed by atoms with Gasteiger partial charge >= 0.3 is 5.97 Å². The van der Waals surface area contributed by atoms with Gasteiger partial charge in [0.2, 0.25) is 0 Å². The topological polar surface area (TPSA) is 62.2 Å². The molecule has 0 bridgehead atoms. The van der Waals surface area contributed by atoms with Gasteiger partial charge in [-0.05, 0) is 37.6 Å². The minimum absolute atomic E-state index is 0.749. The molecule has 0 aliphatic carbocycles. The SMILES string of the molecule is CC(C)(C(=O)O)c1ccccc1Nc1ccncc1. The molecule has 2 N–H and O–H groups in total. The van der Waals surface area contributed by atoms with Gasteiger partial charge in [-0.3, -0.25) is 9.78 Å². The number of carbonyl (C=O) groups is 1. The Morgan fingerprint density at radius 1 is 1.16 bits per heavy atom. The van der Waals surface area contributed by atoms with Gasteiger partial charge in [-0.2, -0.15) is 0 Å². The lowest BCUT2D eigenvalue weighted by atomic mass is 9.83. The summed E-state index contributed by atoms with van der Waals surface area (Å²) >= 11 is 0. The van der Waals surface area contributed by atoms with Crippen molar-refractivity contribution in [3.8, 4) is 0 Å². The lowest BCUT2D eigenvalue weighted by molar-refractivity contribution is -0.142. The zero-order valence-electron chi connectivity index (χ0n) is 10.9. The van der Waals surface area contributed by atoms with Crippen molar-refractivity contribution in [1.82, 2.24) is 4.98 Å². The molecule has 0 spiro atoms. The molecule has 1 aromatic carbocycles. The van der Waals surface area contributed by atoms with Gasteiger partial charge in [0.15, 0.2) is 0 Å². The summed E-state index contributed by atoms with van der Waals surface area (Å²) in [4.78, 5) is 15.3. The van der Waals surface area contributed by atoms with Gasteiger partial charge in [0.25, 0.3) is 0 Å². The molecule has 2 rings (SSSR count). The van der Waals surface area contributed by atoms with E-state index in [-0.39, 0.29) is 0 Å². The normalized spacial score (nSPS) is 11.1. The first-order chi connectivity index (χ1) is 9.01. The number of anilines is 2. The average molecular weight is 256 g/mol. The molecule has 0 unspecified atom stereocenters. The highest BCUT2D eigenvalue weighted by atomic mass is 16.4. The van der Waals surface area contributed by atoms with E-state index in [0.29, 0.717) is 0 Å². The third-order valence-corrected chi connectivity index (χ3v) is 3.09. The van der Waals surface area contributed by atoms with Crippen molar-refractivity contribution in [3.05, 3.63) is 54.4 Å². The third kappa shape index (κ3) is 2.73. The van der Waals surface area contributed by atoms with E-state index in [1.807, 2.05) is 36.4 Å². The monoisotopic (exact) mass is 256 g/mol. The van der Waals surface area contributed by atoms with Crippen LogP contribution < -0.4 is 5.32 Å². The van der Waals surface area contributed by atoms with Crippen LogP contribution >= 0.6 is 0 Å². The van der Waals surface area contributed by atoms with E-state index in [4.69, 9.17) is 0 Å². The Morgan fingerprint density at radius 3 is 2.42 bits per heavy atom. The Labute approximate surface area is 112 Å². The second kappa shape index (κ2) is 5.10. The number of rotatable bonds is 4. The van der Waals surface area contributed by atoms with Crippen molar-refractivity contribution < 1.29 is 9.90 Å². The van der Waals surface area contributed by atoms with Crippen LogP contribution in [0.15, 0.2) is 48.8 Å². The van der Waals surface area contributed by atoms with Gasteiger partial charge in [-0.1, -0.05) is 18.2 Å². The van der Waals surface area contributed by atoms with E-state index in [9.17, 15) is 9.90 Å². The zero-order chi connectivity index (χ0) is 13.9. The van der Waals surface area contributed by atoms with E-state index in [0.717, 1.165) is 16.9 Å². The number of carboxylic acids is 1. The molecule has 0 radical (unpaired) electrons. The Bertz CT molecular complexity index is 580. The first-order valence-corrected chi connectivity index (χ1v) is 6.02. The van der Waals surface area contributed by atoms with E-state index in [1.54, 1.807) is 26.2 Å². The van der Waals surface area contributed by atoms with Gasteiger partial charge in [-0.15, -0.1) is 0 Å². The van der Waals surface area contributed by atoms with Crippen molar-refractivity contribution in [2.24, 2.45) is 0 Å². The Morgan fingerprint density at radius 2 is 1.79 bits per heavy atom. The number of nitrogens with one attached hydrogen (secondary N) is 1. The van der Waals surface area contributed by atoms with Crippen LogP contribution in [0.1, 0.15) is 19.4 Å². The van der Waals surface area contributed by atoms with Crippen molar-refractivity contribution in [2.45, 2.75) is 19.3 Å². The van der Waals surface area contributed by atoms with Crippen LogP contribution in [-0.4, -0.2) is 16.1 Å². The molecule has 0 amide bonds. The second-order valence-corrected chi connectivity index (χ2v) is 4.84. The third-order valence-electron chi connectivity index (χ3n) is 3.09. The van der Waals surface area contributed by atoms with E-state index < -0.39 is 11.4 Å². The van der Waals surface area contributed by atoms with Crippen LogP contribution in [0.4, 0.5) is 11.4 Å². The second-order valence-electron chi connectivity index (χ2n) is 4.84. The highest BCUT2D eigenvalue weighted by Gasteiger charge is 2.31. The summed E-state index contributed by atoms with van der Waals surface area (Å²) in [6.45, 7) is 3.39. The first kappa shape index (κ1) is 13.1. The summed E-state index contributed by atoms with van der Waals surface area (Å²) in [5.41, 5.74) is 1.47. The fourth-order valence-electron chi connectivity index (χ4n) is 1.84. The molecule has 4 nitrogen and oxygen atoms in total. The number of hydrogen-bond donors (Lipinski definition) is 2. The number of benzene rings is 1. The number of hydrogen-bond acceptors (Lipinski definition) is 3. The van der Waals surface area contributed by atoms with Crippen molar-refractivity contribution in [1.29, 1.82) is 0 Å². The number of aromatic nitrogens is 1. The number of nitrogens with zero attached hydrogens (tertiary/aromatic N) is 1. The van der Waals surface area contributed by atoms with Gasteiger partial charge < -0.3 is 10.4 Å². The molecule has 0 saturated carbocycles. The quantitative estimate of drug-likeness (QED) is 0.881. The summed E-state index contributed by atoms with van der Waals surface area (Å²) in [6, 6.07) is 11.1. The highest BCUT2D eigenvalue weighted by Crippen LogP contribution is 2.31. The lowest BCUT2D eigenvalue weighted by Crippen LogP contribution is -2.29. The lowest BCUT2D eigenvalue weighted by Gasteiger charge is -2.23. The van der Waals surface area contributed by atoms with Crippen molar-refractivity contribution >= 4 is 17.3 Å². The number of aliphatic carboxylic acids is 1. The van der Waals surface area contributed by atoms with Gasteiger partial charge in [0.1, 0.15) is 0 Å². The molecule has 0 fully saturated rings. The van der Waals surface area contributed by atoms with Crippen LogP contribution in [0.3, 0.4) is 0 Å². The maximum Gasteiger partial charge on any atom is 0.313 e. The molecule has 2 aromatic rings. The molecule has 98 valence electrons. The summed E-state index contributed by atoms with van der Waals surface area (Å²) in [7, 11) is 0. The number of carboxylic acid groups (broad SMARTS) is 1. The van der Waals surface area contributed by atoms with Gasteiger partial charge in [0.05, 0.1) is 5.41 Å². The largest absolute Gasteiger partial charge is 0.481 e. The summed E-state index contributed by atoms with van der Waals surface area (Å²) in [6.07, 6.45) is 3.38. The maximum atomic E-state index is 11.4. The molecule has 4 heteroatoms. The summed E-state index contributed by atoms with van der Waals surface area (Å²) in [5.74, 6) is -0.850. The standard InChI is InChI=1S/C15H16N2O2/c1-15(2,14(18)19)12-5-3-4-6-13(12)17-11-7-9-16-10-8-11/h3-10H,1-2H3,(H,16,17)(H,18,19). The Hall–Kier alpha value is -2.36. The minimum atomic E-state index is -0.948. The van der Waals surface area contributed by atoms with E-state index >= 15 is 0 Å². The first-order valence-electron chi connectivity index (χ1n) is 6.02. The molecule has 1 heterocycles. The highest BCUT2D eigenvalue weighted by molar-refractivity contribution is 5.83. The van der Waals surface area contributed by atoms with Crippen LogP contribution in [0, 0.1) is 0 Å². The molecular weight excluding hydrogens is 240 g/mol. The van der Waals surface area contributed by atoms with E-state index in [1.165, 1.54) is 0 Å². The molecule has 19 heavy (non-hydrogen) atoms. The van der Waals surface area contributed by atoms with Crippen LogP contribution in [0.25, 0.3) is 0 Å². The van der Waals surface area contributed by atoms with Crippen LogP contribution in [-0.2, 0) is 10.2 Å². The molecule has 1 aromatic heterocycles. The van der Waals surface area contributed by atoms with Gasteiger partial charge in [-0.25, -0.2) is 0 Å². The van der Waals surface area contributed by atoms with E-state index in [2.05, 4.69) is 10.3 Å². The molecule has 0 saturated heterocycles. The number of pyridine rings is 1. The zero-order valence-corrected chi connectivity index (χ0v) is 10.9. The predicted octanol–water partition coefficient (Wildman–Crippen LogP) is 3.19. The summed E-state index contributed by atoms with van der Waals surface area (Å²) in [5, 5.41) is 12.6. The van der Waals surface area contributed by atoms with Crippen molar-refractivity contribution in [3.63, 3.8) is 0 Å². The maximum absolute atomic E-state index is 11.4. The fourth-order valence-corrected chi connectivity index (χ4v) is 1.84. The Kier molecular flexibility index (Phi) is 3.51. The molecule has 0 aliphatic heterocycles. The smallest absolute Gasteiger partial charge is 0.313 e.